The first kappa shape index (κ1) is 16.1. The van der Waals surface area contributed by atoms with E-state index in [-0.39, 0.29) is 23.7 Å². The first-order valence-electron chi connectivity index (χ1n) is 9.39. The molecule has 3 aliphatic carbocycles. The van der Waals surface area contributed by atoms with Crippen molar-refractivity contribution in [2.45, 2.75) is 18.3 Å². The van der Waals surface area contributed by atoms with E-state index in [1.807, 2.05) is 24.3 Å². The van der Waals surface area contributed by atoms with Crippen LogP contribution in [0.5, 0.6) is 5.75 Å². The molecule has 0 fully saturated rings. The van der Waals surface area contributed by atoms with Crippen molar-refractivity contribution in [1.29, 1.82) is 0 Å². The minimum Gasteiger partial charge on any atom is -0.495 e. The van der Waals surface area contributed by atoms with Gasteiger partial charge in [-0.3, -0.25) is 4.79 Å². The van der Waals surface area contributed by atoms with Gasteiger partial charge >= 0.3 is 0 Å². The Morgan fingerprint density at radius 3 is 2.04 bits per heavy atom. The van der Waals surface area contributed by atoms with Gasteiger partial charge in [0.25, 0.3) is 0 Å². The SMILES string of the molecule is COc1ccccc1NC(=O)[C@@H]1CC2c3ccccc3C1c1ccccc12. The second kappa shape index (κ2) is 6.27. The quantitative estimate of drug-likeness (QED) is 0.723. The molecule has 0 saturated heterocycles. The van der Waals surface area contributed by atoms with Crippen LogP contribution < -0.4 is 10.1 Å². The Morgan fingerprint density at radius 1 is 0.852 bits per heavy atom. The molecular weight excluding hydrogens is 334 g/mol. The number of carbonyl (C=O) groups is 1. The maximum Gasteiger partial charge on any atom is 0.228 e. The third-order valence-electron chi connectivity index (χ3n) is 6.01. The van der Waals surface area contributed by atoms with E-state index in [9.17, 15) is 4.79 Å². The third-order valence-corrected chi connectivity index (χ3v) is 6.01. The smallest absolute Gasteiger partial charge is 0.228 e. The summed E-state index contributed by atoms with van der Waals surface area (Å²) >= 11 is 0. The van der Waals surface area contributed by atoms with Gasteiger partial charge in [-0.1, -0.05) is 60.7 Å². The number of anilines is 1. The van der Waals surface area contributed by atoms with Gasteiger partial charge in [0.05, 0.1) is 18.7 Å². The Kier molecular flexibility index (Phi) is 3.75. The molecule has 3 aromatic carbocycles. The van der Waals surface area contributed by atoms with Crippen molar-refractivity contribution < 1.29 is 9.53 Å². The molecule has 1 N–H and O–H groups in total. The second-order valence-corrected chi connectivity index (χ2v) is 7.32. The monoisotopic (exact) mass is 355 g/mol. The average molecular weight is 355 g/mol. The molecule has 6 rings (SSSR count). The fourth-order valence-electron chi connectivity index (χ4n) is 4.87. The van der Waals surface area contributed by atoms with E-state index < -0.39 is 0 Å². The zero-order valence-electron chi connectivity index (χ0n) is 15.2. The van der Waals surface area contributed by atoms with Crippen molar-refractivity contribution in [2.24, 2.45) is 5.92 Å². The number of methoxy groups -OCH3 is 1. The van der Waals surface area contributed by atoms with Crippen LogP contribution in [0, 0.1) is 5.92 Å². The van der Waals surface area contributed by atoms with Crippen molar-refractivity contribution in [3.63, 3.8) is 0 Å². The molecule has 27 heavy (non-hydrogen) atoms. The minimum absolute atomic E-state index is 0.0681. The predicted octanol–water partition coefficient (Wildman–Crippen LogP) is 4.93. The lowest BCUT2D eigenvalue weighted by Gasteiger charge is -2.44. The van der Waals surface area contributed by atoms with Gasteiger partial charge in [0.2, 0.25) is 5.91 Å². The first-order chi connectivity index (χ1) is 13.3. The standard InChI is InChI=1S/C24H21NO2/c1-27-22-13-7-6-12-21(22)25-24(26)20-14-19-15-8-2-4-10-17(15)23(20)18-11-5-3-9-16(18)19/h2-13,19-20,23H,14H2,1H3,(H,25,26)/t19?,20-,23?/m1/s1. The summed E-state index contributed by atoms with van der Waals surface area (Å²) in [5, 5.41) is 3.11. The van der Waals surface area contributed by atoms with Crippen molar-refractivity contribution >= 4 is 11.6 Å². The van der Waals surface area contributed by atoms with Gasteiger partial charge in [0, 0.05) is 11.8 Å². The zero-order chi connectivity index (χ0) is 18.4. The Morgan fingerprint density at radius 2 is 1.41 bits per heavy atom. The van der Waals surface area contributed by atoms with E-state index in [2.05, 4.69) is 53.8 Å². The van der Waals surface area contributed by atoms with Crippen LogP contribution in [0.15, 0.2) is 72.8 Å². The topological polar surface area (TPSA) is 38.3 Å². The molecule has 1 atom stereocenters. The first-order valence-corrected chi connectivity index (χ1v) is 9.39. The molecule has 3 heteroatoms. The van der Waals surface area contributed by atoms with Gasteiger partial charge in [-0.15, -0.1) is 0 Å². The van der Waals surface area contributed by atoms with Crippen LogP contribution in [-0.4, -0.2) is 13.0 Å². The number of carbonyl (C=O) groups excluding carboxylic acids is 1. The third kappa shape index (κ3) is 2.46. The number of benzene rings is 3. The number of rotatable bonds is 3. The highest BCUT2D eigenvalue weighted by Crippen LogP contribution is 2.55. The summed E-state index contributed by atoms with van der Waals surface area (Å²) in [5.41, 5.74) is 6.08. The van der Waals surface area contributed by atoms with Crippen LogP contribution in [0.1, 0.15) is 40.5 Å². The average Bonchev–Trinajstić information content (AvgIpc) is 2.74. The van der Waals surface area contributed by atoms with Crippen molar-refractivity contribution in [1.82, 2.24) is 0 Å². The molecule has 3 aliphatic rings. The van der Waals surface area contributed by atoms with Gasteiger partial charge in [-0.25, -0.2) is 0 Å². The molecule has 1 amide bonds. The van der Waals surface area contributed by atoms with E-state index in [0.29, 0.717) is 5.75 Å². The summed E-state index contributed by atoms with van der Waals surface area (Å²) in [6.07, 6.45) is 0.847. The molecule has 3 aromatic rings. The number of nitrogens with one attached hydrogen (secondary N) is 1. The lowest BCUT2D eigenvalue weighted by Crippen LogP contribution is -2.38. The van der Waals surface area contributed by atoms with Gasteiger partial charge in [0.15, 0.2) is 0 Å². The summed E-state index contributed by atoms with van der Waals surface area (Å²) in [5.74, 6) is 1.07. The van der Waals surface area contributed by atoms with Crippen molar-refractivity contribution in [3.05, 3.63) is 95.1 Å². The molecular formula is C24H21NO2. The Labute approximate surface area is 159 Å². The lowest BCUT2D eigenvalue weighted by molar-refractivity contribution is -0.121. The maximum atomic E-state index is 13.3. The number of hydrogen-bond acceptors (Lipinski definition) is 2. The Bertz CT molecular complexity index is 979. The molecule has 0 radical (unpaired) electrons. The van der Waals surface area contributed by atoms with E-state index in [4.69, 9.17) is 4.74 Å². The number of amides is 1. The largest absolute Gasteiger partial charge is 0.495 e. The molecule has 0 aliphatic heterocycles. The predicted molar refractivity (Wildman–Crippen MR) is 106 cm³/mol. The van der Waals surface area contributed by atoms with E-state index in [0.717, 1.165) is 12.1 Å². The summed E-state index contributed by atoms with van der Waals surface area (Å²) in [6, 6.07) is 24.8. The summed E-state index contributed by atoms with van der Waals surface area (Å²) in [6.45, 7) is 0. The number of ether oxygens (including phenoxy) is 1. The maximum absolute atomic E-state index is 13.3. The van der Waals surface area contributed by atoms with Gasteiger partial charge in [-0.05, 0) is 40.8 Å². The van der Waals surface area contributed by atoms with Crippen molar-refractivity contribution in [2.75, 3.05) is 12.4 Å². The van der Waals surface area contributed by atoms with Crippen LogP contribution in [0.2, 0.25) is 0 Å². The van der Waals surface area contributed by atoms with Gasteiger partial charge < -0.3 is 10.1 Å². The summed E-state index contributed by atoms with van der Waals surface area (Å²) < 4.78 is 5.39. The molecule has 3 nitrogen and oxygen atoms in total. The Hall–Kier alpha value is -3.07. The van der Waals surface area contributed by atoms with Gasteiger partial charge in [-0.2, -0.15) is 0 Å². The van der Waals surface area contributed by atoms with E-state index in [1.54, 1.807) is 7.11 Å². The number of para-hydroxylation sites is 2. The molecule has 0 aromatic heterocycles. The number of hydrogen-bond donors (Lipinski definition) is 1. The minimum atomic E-state index is -0.0790. The van der Waals surface area contributed by atoms with Gasteiger partial charge in [0.1, 0.15) is 5.75 Å². The normalized spacial score (nSPS) is 21.9. The highest BCUT2D eigenvalue weighted by atomic mass is 16.5. The fraction of sp³-hybridized carbons (Fsp3) is 0.208. The zero-order valence-corrected chi connectivity index (χ0v) is 15.2. The highest BCUT2D eigenvalue weighted by Gasteiger charge is 2.45. The molecule has 134 valence electrons. The molecule has 0 unspecified atom stereocenters. The second-order valence-electron chi connectivity index (χ2n) is 7.32. The molecule has 0 saturated carbocycles. The highest BCUT2D eigenvalue weighted by molar-refractivity contribution is 5.95. The fourth-order valence-corrected chi connectivity index (χ4v) is 4.87. The van der Waals surface area contributed by atoms with E-state index >= 15 is 0 Å². The van der Waals surface area contributed by atoms with Crippen LogP contribution in [0.3, 0.4) is 0 Å². The molecule has 0 heterocycles. The van der Waals surface area contributed by atoms with Crippen LogP contribution in [0.25, 0.3) is 0 Å². The van der Waals surface area contributed by atoms with E-state index in [1.165, 1.54) is 22.3 Å². The molecule has 0 spiro atoms. The van der Waals surface area contributed by atoms with Crippen LogP contribution in [-0.2, 0) is 4.79 Å². The summed E-state index contributed by atoms with van der Waals surface area (Å²) in [4.78, 5) is 13.3. The lowest BCUT2D eigenvalue weighted by atomic mass is 9.59. The van der Waals surface area contributed by atoms with Crippen molar-refractivity contribution in [3.8, 4) is 5.75 Å². The van der Waals surface area contributed by atoms with Crippen LogP contribution >= 0.6 is 0 Å². The molecule has 2 bridgehead atoms. The summed E-state index contributed by atoms with van der Waals surface area (Å²) in [7, 11) is 1.63. The van der Waals surface area contributed by atoms with Crippen LogP contribution in [0.4, 0.5) is 5.69 Å². The Balaban J connectivity index is 1.55. The number of fused-ring (bicyclic) bond motifs is 1.